The van der Waals surface area contributed by atoms with E-state index in [4.69, 9.17) is 14.2 Å². The second-order valence-electron chi connectivity index (χ2n) is 9.52. The molecule has 0 aromatic heterocycles. The number of fused-ring (bicyclic) bond motifs is 2. The van der Waals surface area contributed by atoms with Crippen LogP contribution in [-0.4, -0.2) is 25.0 Å². The first kappa shape index (κ1) is 27.0. The SMILES string of the molecule is CCOC(=O)C1=C(C)NC2=C(C(=O)c3ccccc32)[C@H]1c1cc(I)c(OCc2cccc(C)c2)c(OCC)c1. The lowest BCUT2D eigenvalue weighted by molar-refractivity contribution is -0.138. The van der Waals surface area contributed by atoms with Crippen molar-refractivity contribution in [2.45, 2.75) is 40.2 Å². The van der Waals surface area contributed by atoms with Crippen LogP contribution in [0.4, 0.5) is 0 Å². The van der Waals surface area contributed by atoms with Crippen molar-refractivity contribution in [2.75, 3.05) is 13.2 Å². The number of halogens is 1. The molecule has 0 radical (unpaired) electrons. The first-order valence-corrected chi connectivity index (χ1v) is 14.1. The average Bonchev–Trinajstić information content (AvgIpc) is 3.19. The van der Waals surface area contributed by atoms with Gasteiger partial charge in [0.1, 0.15) is 6.61 Å². The van der Waals surface area contributed by atoms with Gasteiger partial charge in [-0.2, -0.15) is 0 Å². The van der Waals surface area contributed by atoms with Crippen LogP contribution in [0.1, 0.15) is 59.3 Å². The van der Waals surface area contributed by atoms with E-state index < -0.39 is 11.9 Å². The Hall–Kier alpha value is -3.59. The number of carbonyl (C=O) groups excluding carboxylic acids is 2. The van der Waals surface area contributed by atoms with Crippen molar-refractivity contribution in [1.29, 1.82) is 0 Å². The van der Waals surface area contributed by atoms with Crippen molar-refractivity contribution in [3.8, 4) is 11.5 Å². The minimum absolute atomic E-state index is 0.0971. The number of esters is 1. The molecule has 0 unspecified atom stereocenters. The number of ketones is 1. The summed E-state index contributed by atoms with van der Waals surface area (Å²) in [6.45, 7) is 8.65. The van der Waals surface area contributed by atoms with Crippen LogP contribution in [0, 0.1) is 10.5 Å². The standard InChI is InChI=1S/C32H30INO5/c1-5-37-25-16-21(15-24(33)31(25)39-17-20-11-9-10-18(3)14-20)27-26(32(36)38-6-2)19(4)34-29-22-12-7-8-13-23(22)30(35)28(27)29/h7-16,27,34H,5-6,17H2,1-4H3/t27-/m0/s1. The molecule has 6 nitrogen and oxygen atoms in total. The largest absolute Gasteiger partial charge is 0.490 e. The third kappa shape index (κ3) is 5.07. The Labute approximate surface area is 242 Å². The number of ether oxygens (including phenoxy) is 3. The molecular formula is C32H30INO5. The lowest BCUT2D eigenvalue weighted by Crippen LogP contribution is -2.29. The van der Waals surface area contributed by atoms with Gasteiger partial charge in [0.15, 0.2) is 17.3 Å². The highest BCUT2D eigenvalue weighted by atomic mass is 127. The lowest BCUT2D eigenvalue weighted by atomic mass is 9.79. The smallest absolute Gasteiger partial charge is 0.336 e. The molecular weight excluding hydrogens is 605 g/mol. The Morgan fingerprint density at radius 2 is 1.72 bits per heavy atom. The highest BCUT2D eigenvalue weighted by Gasteiger charge is 2.43. The van der Waals surface area contributed by atoms with Gasteiger partial charge in [-0.15, -0.1) is 0 Å². The number of carbonyl (C=O) groups is 2. The van der Waals surface area contributed by atoms with Gasteiger partial charge < -0.3 is 19.5 Å². The summed E-state index contributed by atoms with van der Waals surface area (Å²) < 4.78 is 18.6. The topological polar surface area (TPSA) is 73.9 Å². The molecule has 1 heterocycles. The van der Waals surface area contributed by atoms with Gasteiger partial charge in [-0.3, -0.25) is 4.79 Å². The van der Waals surface area contributed by atoms with Gasteiger partial charge in [0.05, 0.1) is 28.1 Å². The van der Waals surface area contributed by atoms with Crippen molar-refractivity contribution in [1.82, 2.24) is 5.32 Å². The zero-order chi connectivity index (χ0) is 27.7. The first-order chi connectivity index (χ1) is 18.8. The zero-order valence-corrected chi connectivity index (χ0v) is 24.5. The molecule has 7 heteroatoms. The second-order valence-corrected chi connectivity index (χ2v) is 10.7. The molecule has 1 N–H and O–H groups in total. The van der Waals surface area contributed by atoms with Crippen LogP contribution >= 0.6 is 22.6 Å². The highest BCUT2D eigenvalue weighted by Crippen LogP contribution is 2.48. The van der Waals surface area contributed by atoms with E-state index in [-0.39, 0.29) is 12.4 Å². The van der Waals surface area contributed by atoms with E-state index in [1.807, 2.05) is 62.4 Å². The van der Waals surface area contributed by atoms with Crippen LogP contribution < -0.4 is 14.8 Å². The fourth-order valence-corrected chi connectivity index (χ4v) is 6.04. The third-order valence-electron chi connectivity index (χ3n) is 6.87. The van der Waals surface area contributed by atoms with E-state index in [0.717, 1.165) is 31.5 Å². The molecule has 0 bridgehead atoms. The summed E-state index contributed by atoms with van der Waals surface area (Å²) in [5.41, 5.74) is 6.80. The van der Waals surface area contributed by atoms with Crippen molar-refractivity contribution in [3.63, 3.8) is 0 Å². The van der Waals surface area contributed by atoms with E-state index in [2.05, 4.69) is 47.0 Å². The molecule has 200 valence electrons. The Balaban J connectivity index is 1.62. The van der Waals surface area contributed by atoms with E-state index in [1.165, 1.54) is 0 Å². The minimum atomic E-state index is -0.626. The molecule has 0 saturated heterocycles. The Morgan fingerprint density at radius 1 is 0.949 bits per heavy atom. The average molecular weight is 635 g/mol. The molecule has 3 aromatic rings. The maximum atomic E-state index is 13.8. The Bertz CT molecular complexity index is 1540. The highest BCUT2D eigenvalue weighted by molar-refractivity contribution is 14.1. The number of Topliss-reactive ketones (excluding diaryl/α,β-unsaturated/α-hetero) is 1. The van der Waals surface area contributed by atoms with Crippen molar-refractivity contribution in [3.05, 3.63) is 109 Å². The van der Waals surface area contributed by atoms with Crippen molar-refractivity contribution < 1.29 is 23.8 Å². The molecule has 0 fully saturated rings. The summed E-state index contributed by atoms with van der Waals surface area (Å²) in [6.07, 6.45) is 0. The van der Waals surface area contributed by atoms with Crippen LogP contribution in [0.2, 0.25) is 0 Å². The number of aryl methyl sites for hydroxylation is 1. The number of hydrogen-bond donors (Lipinski definition) is 1. The van der Waals surface area contributed by atoms with Gasteiger partial charge in [-0.25, -0.2) is 4.79 Å². The zero-order valence-electron chi connectivity index (χ0n) is 22.4. The summed E-state index contributed by atoms with van der Waals surface area (Å²) in [5.74, 6) is 0.0243. The quantitative estimate of drug-likeness (QED) is 0.219. The predicted octanol–water partition coefficient (Wildman–Crippen LogP) is 6.71. The van der Waals surface area contributed by atoms with Crippen LogP contribution in [0.3, 0.4) is 0 Å². The van der Waals surface area contributed by atoms with Crippen LogP contribution in [0.15, 0.2) is 77.5 Å². The van der Waals surface area contributed by atoms with Gasteiger partial charge in [-0.1, -0.05) is 54.1 Å². The van der Waals surface area contributed by atoms with Gasteiger partial charge in [-0.05, 0) is 73.5 Å². The summed E-state index contributed by atoms with van der Waals surface area (Å²) in [5, 5.41) is 3.34. The molecule has 1 aliphatic heterocycles. The second kappa shape index (κ2) is 11.3. The molecule has 0 spiro atoms. The number of nitrogens with one attached hydrogen (secondary N) is 1. The van der Waals surface area contributed by atoms with E-state index in [0.29, 0.717) is 47.1 Å². The summed E-state index contributed by atoms with van der Waals surface area (Å²) in [7, 11) is 0. The molecule has 1 aliphatic carbocycles. The third-order valence-corrected chi connectivity index (χ3v) is 7.68. The van der Waals surface area contributed by atoms with Crippen molar-refractivity contribution in [2.24, 2.45) is 0 Å². The van der Waals surface area contributed by atoms with E-state index in [1.54, 1.807) is 6.92 Å². The van der Waals surface area contributed by atoms with Gasteiger partial charge in [0.25, 0.3) is 0 Å². The van der Waals surface area contributed by atoms with Gasteiger partial charge >= 0.3 is 5.97 Å². The van der Waals surface area contributed by atoms with Crippen LogP contribution in [-0.2, 0) is 16.1 Å². The van der Waals surface area contributed by atoms with Crippen LogP contribution in [0.25, 0.3) is 5.70 Å². The first-order valence-electron chi connectivity index (χ1n) is 13.0. The fourth-order valence-electron chi connectivity index (χ4n) is 5.26. The molecule has 1 atom stereocenters. The number of allylic oxidation sites excluding steroid dienone is 2. The Morgan fingerprint density at radius 3 is 2.44 bits per heavy atom. The minimum Gasteiger partial charge on any atom is -0.490 e. The molecule has 3 aromatic carbocycles. The number of rotatable bonds is 8. The summed E-state index contributed by atoms with van der Waals surface area (Å²) in [6, 6.07) is 19.6. The summed E-state index contributed by atoms with van der Waals surface area (Å²) in [4.78, 5) is 27.1. The Kier molecular flexibility index (Phi) is 7.79. The maximum absolute atomic E-state index is 13.8. The summed E-state index contributed by atoms with van der Waals surface area (Å²) >= 11 is 2.23. The number of dihydropyridines is 1. The van der Waals surface area contributed by atoms with E-state index >= 15 is 0 Å². The van der Waals surface area contributed by atoms with Gasteiger partial charge in [0, 0.05) is 28.3 Å². The normalized spacial score (nSPS) is 16.0. The van der Waals surface area contributed by atoms with Gasteiger partial charge in [0.2, 0.25) is 0 Å². The molecule has 5 rings (SSSR count). The fraction of sp³-hybridized carbons (Fsp3) is 0.250. The van der Waals surface area contributed by atoms with Crippen molar-refractivity contribution >= 4 is 40.0 Å². The monoisotopic (exact) mass is 635 g/mol. The number of benzene rings is 3. The molecule has 2 aliphatic rings. The van der Waals surface area contributed by atoms with Crippen LogP contribution in [0.5, 0.6) is 11.5 Å². The molecule has 0 amide bonds. The lowest BCUT2D eigenvalue weighted by Gasteiger charge is -2.30. The molecule has 0 saturated carbocycles. The number of hydrogen-bond acceptors (Lipinski definition) is 6. The molecule has 39 heavy (non-hydrogen) atoms. The predicted molar refractivity (Wildman–Crippen MR) is 159 cm³/mol. The maximum Gasteiger partial charge on any atom is 0.336 e. The van der Waals surface area contributed by atoms with E-state index in [9.17, 15) is 9.59 Å².